The first-order valence-electron chi connectivity index (χ1n) is 6.62. The maximum Gasteiger partial charge on any atom is 0.166 e. The van der Waals surface area contributed by atoms with Crippen LogP contribution in [-0.2, 0) is 9.47 Å². The minimum absolute atomic E-state index is 0.245. The highest BCUT2D eigenvalue weighted by Gasteiger charge is 2.34. The molecule has 19 heavy (non-hydrogen) atoms. The molecule has 3 heteroatoms. The number of nitrogens with zero attached hydrogens (tertiary/aromatic N) is 1. The molecule has 0 N–H and O–H groups in total. The molecule has 1 aliphatic rings. The molecular formula is C16H23NO2. The van der Waals surface area contributed by atoms with Gasteiger partial charge in [-0.1, -0.05) is 32.6 Å². The van der Waals surface area contributed by atoms with Crippen LogP contribution in [0.5, 0.6) is 0 Å². The normalized spacial score (nSPS) is 19.4. The number of allylic oxidation sites excluding steroid dienone is 4. The molecule has 3 nitrogen and oxygen atoms in total. The van der Waals surface area contributed by atoms with Crippen molar-refractivity contribution in [2.75, 3.05) is 19.8 Å². The Bertz CT molecular complexity index is 438. The monoisotopic (exact) mass is 261 g/mol. The van der Waals surface area contributed by atoms with Crippen molar-refractivity contribution >= 4 is 0 Å². The van der Waals surface area contributed by atoms with E-state index in [1.54, 1.807) is 0 Å². The van der Waals surface area contributed by atoms with Crippen molar-refractivity contribution in [1.82, 2.24) is 0 Å². The molecule has 1 aliphatic carbocycles. The van der Waals surface area contributed by atoms with E-state index >= 15 is 0 Å². The Morgan fingerprint density at radius 3 is 2.63 bits per heavy atom. The topological polar surface area (TPSA) is 42.2 Å². The smallest absolute Gasteiger partial charge is 0.166 e. The quantitative estimate of drug-likeness (QED) is 0.688. The van der Waals surface area contributed by atoms with E-state index in [0.717, 1.165) is 16.7 Å². The minimum Gasteiger partial charge on any atom is -0.379 e. The van der Waals surface area contributed by atoms with Crippen LogP contribution in [0.4, 0.5) is 0 Å². The highest BCUT2D eigenvalue weighted by molar-refractivity contribution is 5.48. The molecule has 104 valence electrons. The van der Waals surface area contributed by atoms with Crippen LogP contribution in [0, 0.1) is 16.7 Å². The van der Waals surface area contributed by atoms with Gasteiger partial charge >= 0.3 is 0 Å². The van der Waals surface area contributed by atoms with Gasteiger partial charge in [0, 0.05) is 12.0 Å². The molecule has 0 aromatic carbocycles. The molecule has 0 aromatic heterocycles. The molecule has 0 amide bonds. The fraction of sp³-hybridized carbons (Fsp3) is 0.562. The third kappa shape index (κ3) is 3.56. The second kappa shape index (κ2) is 6.70. The molecule has 1 rings (SSSR count). The molecule has 0 saturated heterocycles. The average molecular weight is 261 g/mol. The summed E-state index contributed by atoms with van der Waals surface area (Å²) >= 11 is 0. The molecule has 0 saturated carbocycles. The van der Waals surface area contributed by atoms with E-state index in [1.165, 1.54) is 0 Å². The first-order valence-corrected chi connectivity index (χ1v) is 6.62. The summed E-state index contributed by atoms with van der Waals surface area (Å²) < 4.78 is 10.8. The van der Waals surface area contributed by atoms with Gasteiger partial charge in [-0.25, -0.2) is 0 Å². The molecule has 0 aliphatic heterocycles. The Hall–Kier alpha value is -1.37. The largest absolute Gasteiger partial charge is 0.379 e. The van der Waals surface area contributed by atoms with Crippen molar-refractivity contribution in [1.29, 1.82) is 5.26 Å². The van der Waals surface area contributed by atoms with Crippen molar-refractivity contribution in [2.45, 2.75) is 33.8 Å². The second-order valence-corrected chi connectivity index (χ2v) is 5.15. The SMILES string of the molecule is C=C1C(C)=CC=C(C(C#N)OCCOCC)C1(C)C. The zero-order valence-corrected chi connectivity index (χ0v) is 12.3. The van der Waals surface area contributed by atoms with Crippen LogP contribution in [0.25, 0.3) is 0 Å². The van der Waals surface area contributed by atoms with Crippen molar-refractivity contribution in [3.63, 3.8) is 0 Å². The first kappa shape index (κ1) is 15.7. The molecule has 0 radical (unpaired) electrons. The van der Waals surface area contributed by atoms with Crippen LogP contribution in [-0.4, -0.2) is 25.9 Å². The lowest BCUT2D eigenvalue weighted by Gasteiger charge is -2.35. The van der Waals surface area contributed by atoms with Gasteiger partial charge in [-0.15, -0.1) is 0 Å². The maximum atomic E-state index is 9.31. The first-order chi connectivity index (χ1) is 8.95. The van der Waals surface area contributed by atoms with Crippen molar-refractivity contribution in [3.8, 4) is 6.07 Å². The van der Waals surface area contributed by atoms with Crippen LogP contribution in [0.1, 0.15) is 27.7 Å². The summed E-state index contributed by atoms with van der Waals surface area (Å²) in [6, 6.07) is 2.22. The predicted molar refractivity (Wildman–Crippen MR) is 76.6 cm³/mol. The fourth-order valence-corrected chi connectivity index (χ4v) is 2.17. The van der Waals surface area contributed by atoms with Crippen LogP contribution in [0.2, 0.25) is 0 Å². The van der Waals surface area contributed by atoms with E-state index in [9.17, 15) is 5.26 Å². The lowest BCUT2D eigenvalue weighted by atomic mass is 9.70. The zero-order valence-electron chi connectivity index (χ0n) is 12.3. The van der Waals surface area contributed by atoms with E-state index in [-0.39, 0.29) is 5.41 Å². The van der Waals surface area contributed by atoms with Crippen molar-refractivity contribution < 1.29 is 9.47 Å². The zero-order chi connectivity index (χ0) is 14.5. The van der Waals surface area contributed by atoms with Gasteiger partial charge in [-0.2, -0.15) is 5.26 Å². The summed E-state index contributed by atoms with van der Waals surface area (Å²) in [4.78, 5) is 0. The highest BCUT2D eigenvalue weighted by Crippen LogP contribution is 2.42. The third-order valence-corrected chi connectivity index (χ3v) is 3.58. The Morgan fingerprint density at radius 2 is 2.05 bits per heavy atom. The maximum absolute atomic E-state index is 9.31. The fourth-order valence-electron chi connectivity index (χ4n) is 2.17. The van der Waals surface area contributed by atoms with E-state index < -0.39 is 6.10 Å². The summed E-state index contributed by atoms with van der Waals surface area (Å²) in [6.07, 6.45) is 3.44. The van der Waals surface area contributed by atoms with Crippen LogP contribution >= 0.6 is 0 Å². The summed E-state index contributed by atoms with van der Waals surface area (Å²) in [5, 5.41) is 9.31. The number of ether oxygens (including phenoxy) is 2. The lowest BCUT2D eigenvalue weighted by Crippen LogP contribution is -2.30. The van der Waals surface area contributed by atoms with Gasteiger partial charge in [-0.3, -0.25) is 0 Å². The Labute approximate surface area is 116 Å². The van der Waals surface area contributed by atoms with E-state index in [1.807, 2.05) is 26.0 Å². The Morgan fingerprint density at radius 1 is 1.37 bits per heavy atom. The molecule has 0 spiro atoms. The minimum atomic E-state index is -0.545. The van der Waals surface area contributed by atoms with Gasteiger partial charge < -0.3 is 9.47 Å². The number of nitriles is 1. The van der Waals surface area contributed by atoms with E-state index in [0.29, 0.717) is 19.8 Å². The van der Waals surface area contributed by atoms with Crippen molar-refractivity contribution in [3.05, 3.63) is 35.5 Å². The summed E-state index contributed by atoms with van der Waals surface area (Å²) in [5.74, 6) is 0. The molecule has 0 heterocycles. The molecular weight excluding hydrogens is 238 g/mol. The Kier molecular flexibility index (Phi) is 5.53. The Balaban J connectivity index is 2.81. The van der Waals surface area contributed by atoms with Gasteiger partial charge in [0.2, 0.25) is 0 Å². The van der Waals surface area contributed by atoms with Crippen LogP contribution < -0.4 is 0 Å². The third-order valence-electron chi connectivity index (χ3n) is 3.58. The number of hydrogen-bond acceptors (Lipinski definition) is 3. The molecule has 0 aromatic rings. The number of hydrogen-bond donors (Lipinski definition) is 0. The lowest BCUT2D eigenvalue weighted by molar-refractivity contribution is 0.0368. The molecule has 0 fully saturated rings. The van der Waals surface area contributed by atoms with Crippen LogP contribution in [0.3, 0.4) is 0 Å². The average Bonchev–Trinajstić information content (AvgIpc) is 2.38. The summed E-state index contributed by atoms with van der Waals surface area (Å²) in [5.41, 5.74) is 2.91. The molecule has 1 unspecified atom stereocenters. The predicted octanol–water partition coefficient (Wildman–Crippen LogP) is 3.40. The molecule has 0 bridgehead atoms. The van der Waals surface area contributed by atoms with E-state index in [4.69, 9.17) is 9.47 Å². The van der Waals surface area contributed by atoms with Gasteiger partial charge in [0.15, 0.2) is 6.10 Å². The van der Waals surface area contributed by atoms with E-state index in [2.05, 4.69) is 26.5 Å². The van der Waals surface area contributed by atoms with Gasteiger partial charge in [0.05, 0.1) is 19.3 Å². The number of rotatable bonds is 6. The van der Waals surface area contributed by atoms with Crippen molar-refractivity contribution in [2.24, 2.45) is 5.41 Å². The molecule has 1 atom stereocenters. The summed E-state index contributed by atoms with van der Waals surface area (Å²) in [6.45, 7) is 13.9. The van der Waals surface area contributed by atoms with Gasteiger partial charge in [-0.05, 0) is 30.6 Å². The summed E-state index contributed by atoms with van der Waals surface area (Å²) in [7, 11) is 0. The van der Waals surface area contributed by atoms with Crippen LogP contribution in [0.15, 0.2) is 35.5 Å². The second-order valence-electron chi connectivity index (χ2n) is 5.15. The standard InChI is InChI=1S/C16H23NO2/c1-6-18-9-10-19-15(11-17)14-8-7-12(2)13(3)16(14,4)5/h7-8,15H,3,6,9-10H2,1-2,4-5H3. The van der Waals surface area contributed by atoms with Gasteiger partial charge in [0.1, 0.15) is 0 Å². The van der Waals surface area contributed by atoms with Gasteiger partial charge in [0.25, 0.3) is 0 Å². The highest BCUT2D eigenvalue weighted by atomic mass is 16.5.